The fourth-order valence-corrected chi connectivity index (χ4v) is 3.44. The van der Waals surface area contributed by atoms with Crippen molar-refractivity contribution in [1.82, 2.24) is 15.1 Å². The minimum absolute atomic E-state index is 0.125. The van der Waals surface area contributed by atoms with Gasteiger partial charge in [-0.05, 0) is 25.3 Å². The first kappa shape index (κ1) is 13.9. The Labute approximate surface area is 122 Å². The number of rotatable bonds is 3. The highest BCUT2D eigenvalue weighted by Gasteiger charge is 2.35. The summed E-state index contributed by atoms with van der Waals surface area (Å²) in [5.41, 5.74) is 0.378. The summed E-state index contributed by atoms with van der Waals surface area (Å²) in [6.07, 6.45) is 4.07. The maximum absolute atomic E-state index is 12.1. The number of hydrogen-bond donors (Lipinski definition) is 2. The molecule has 2 atom stereocenters. The molecule has 0 spiro atoms. The fraction of sp³-hybridized carbons (Fsp3) is 0.692. The van der Waals surface area contributed by atoms with Crippen molar-refractivity contribution in [3.8, 4) is 0 Å². The van der Waals surface area contributed by atoms with Crippen LogP contribution in [0.2, 0.25) is 5.02 Å². The molecule has 1 aromatic heterocycles. The highest BCUT2D eigenvalue weighted by Crippen LogP contribution is 2.31. The van der Waals surface area contributed by atoms with E-state index in [4.69, 9.17) is 16.7 Å². The summed E-state index contributed by atoms with van der Waals surface area (Å²) < 4.78 is 1.20. The predicted molar refractivity (Wildman–Crippen MR) is 77.3 cm³/mol. The molecule has 0 bridgehead atoms. The number of piperidine rings is 1. The van der Waals surface area contributed by atoms with E-state index in [1.165, 1.54) is 17.5 Å². The van der Waals surface area contributed by atoms with Crippen LogP contribution in [0.5, 0.6) is 0 Å². The maximum Gasteiger partial charge on any atom is 0.287 e. The molecule has 20 heavy (non-hydrogen) atoms. The van der Waals surface area contributed by atoms with E-state index in [9.17, 15) is 4.79 Å². The number of fused-ring (bicyclic) bond motifs is 1. The summed E-state index contributed by atoms with van der Waals surface area (Å²) in [4.78, 5) is 14.2. The standard InChI is InChI=1S/C13H19ClN4O2/c14-12-11(6-16-18(4-5-19)13(12)20)17-7-9-2-1-3-15-10(9)8-17/h6,9-10,15,19H,1-5,7-8H2. The van der Waals surface area contributed by atoms with Crippen LogP contribution in [0, 0.1) is 5.92 Å². The zero-order valence-corrected chi connectivity index (χ0v) is 12.0. The molecule has 2 unspecified atom stereocenters. The molecule has 110 valence electrons. The van der Waals surface area contributed by atoms with Crippen LogP contribution in [0.3, 0.4) is 0 Å². The van der Waals surface area contributed by atoms with Crippen LogP contribution in [0.15, 0.2) is 11.0 Å². The molecule has 3 heterocycles. The Kier molecular flexibility index (Phi) is 3.96. The molecule has 7 heteroatoms. The van der Waals surface area contributed by atoms with Gasteiger partial charge < -0.3 is 15.3 Å². The van der Waals surface area contributed by atoms with Gasteiger partial charge in [0.25, 0.3) is 5.56 Å². The zero-order chi connectivity index (χ0) is 14.1. The highest BCUT2D eigenvalue weighted by molar-refractivity contribution is 6.33. The monoisotopic (exact) mass is 298 g/mol. The van der Waals surface area contributed by atoms with Crippen molar-refractivity contribution < 1.29 is 5.11 Å². The Morgan fingerprint density at radius 2 is 2.35 bits per heavy atom. The molecule has 0 amide bonds. The van der Waals surface area contributed by atoms with Gasteiger partial charge in [-0.3, -0.25) is 4.79 Å². The van der Waals surface area contributed by atoms with Crippen LogP contribution < -0.4 is 15.8 Å². The third-order valence-corrected chi connectivity index (χ3v) is 4.57. The summed E-state index contributed by atoms with van der Waals surface area (Å²) in [5.74, 6) is 0.625. The lowest BCUT2D eigenvalue weighted by molar-refractivity contribution is 0.266. The first-order chi connectivity index (χ1) is 9.70. The number of anilines is 1. The zero-order valence-electron chi connectivity index (χ0n) is 11.3. The number of halogens is 1. The predicted octanol–water partition coefficient (Wildman–Crippen LogP) is 0.0772. The minimum Gasteiger partial charge on any atom is -0.394 e. The van der Waals surface area contributed by atoms with Crippen molar-refractivity contribution in [2.45, 2.75) is 25.4 Å². The van der Waals surface area contributed by atoms with Crippen molar-refractivity contribution in [2.75, 3.05) is 31.1 Å². The molecule has 2 aliphatic heterocycles. The van der Waals surface area contributed by atoms with E-state index in [0.29, 0.717) is 17.6 Å². The van der Waals surface area contributed by atoms with Gasteiger partial charge in [-0.2, -0.15) is 5.10 Å². The van der Waals surface area contributed by atoms with Gasteiger partial charge in [-0.1, -0.05) is 11.6 Å². The summed E-state index contributed by atoms with van der Waals surface area (Å²) in [6.45, 7) is 2.91. The second-order valence-electron chi connectivity index (χ2n) is 5.46. The average molecular weight is 299 g/mol. The number of nitrogens with one attached hydrogen (secondary N) is 1. The molecule has 2 fully saturated rings. The molecule has 0 radical (unpaired) electrons. The van der Waals surface area contributed by atoms with E-state index >= 15 is 0 Å². The van der Waals surface area contributed by atoms with E-state index < -0.39 is 0 Å². The lowest BCUT2D eigenvalue weighted by Gasteiger charge is -2.24. The van der Waals surface area contributed by atoms with E-state index in [0.717, 1.165) is 19.6 Å². The maximum atomic E-state index is 12.1. The lowest BCUT2D eigenvalue weighted by Crippen LogP contribution is -2.40. The van der Waals surface area contributed by atoms with Crippen LogP contribution in [-0.2, 0) is 6.54 Å². The summed E-state index contributed by atoms with van der Waals surface area (Å²) >= 11 is 6.19. The first-order valence-electron chi connectivity index (χ1n) is 7.05. The fourth-order valence-electron chi connectivity index (χ4n) is 3.17. The molecule has 6 nitrogen and oxygen atoms in total. The van der Waals surface area contributed by atoms with Crippen molar-refractivity contribution >= 4 is 17.3 Å². The van der Waals surface area contributed by atoms with Crippen LogP contribution in [0.1, 0.15) is 12.8 Å². The normalized spacial score (nSPS) is 25.8. The Hall–Kier alpha value is -1.11. The first-order valence-corrected chi connectivity index (χ1v) is 7.43. The molecular weight excluding hydrogens is 280 g/mol. The number of aromatic nitrogens is 2. The van der Waals surface area contributed by atoms with Crippen LogP contribution >= 0.6 is 11.6 Å². The largest absolute Gasteiger partial charge is 0.394 e. The Morgan fingerprint density at radius 1 is 1.50 bits per heavy atom. The van der Waals surface area contributed by atoms with Crippen molar-refractivity contribution in [3.05, 3.63) is 21.6 Å². The number of nitrogens with zero attached hydrogens (tertiary/aromatic N) is 3. The summed E-state index contributed by atoms with van der Waals surface area (Å²) in [7, 11) is 0. The molecule has 1 aromatic rings. The van der Waals surface area contributed by atoms with E-state index in [1.807, 2.05) is 0 Å². The number of aliphatic hydroxyl groups excluding tert-OH is 1. The minimum atomic E-state index is -0.332. The molecule has 2 aliphatic rings. The summed E-state index contributed by atoms with van der Waals surface area (Å²) in [5, 5.41) is 16.7. The molecule has 0 aliphatic carbocycles. The quantitative estimate of drug-likeness (QED) is 0.827. The molecule has 3 rings (SSSR count). The van der Waals surface area contributed by atoms with Gasteiger partial charge in [0.2, 0.25) is 0 Å². The van der Waals surface area contributed by atoms with Crippen molar-refractivity contribution in [1.29, 1.82) is 0 Å². The molecule has 0 aromatic carbocycles. The van der Waals surface area contributed by atoms with Gasteiger partial charge in [0.05, 0.1) is 25.0 Å². The smallest absolute Gasteiger partial charge is 0.287 e. The van der Waals surface area contributed by atoms with E-state index in [2.05, 4.69) is 15.3 Å². The van der Waals surface area contributed by atoms with Crippen LogP contribution in [-0.4, -0.2) is 47.2 Å². The number of aliphatic hydroxyl groups is 1. The van der Waals surface area contributed by atoms with E-state index in [-0.39, 0.29) is 23.7 Å². The van der Waals surface area contributed by atoms with Crippen LogP contribution in [0.4, 0.5) is 5.69 Å². The molecule has 2 N–H and O–H groups in total. The van der Waals surface area contributed by atoms with Gasteiger partial charge in [0, 0.05) is 19.1 Å². The average Bonchev–Trinajstić information content (AvgIpc) is 2.88. The highest BCUT2D eigenvalue weighted by atomic mass is 35.5. The Morgan fingerprint density at radius 3 is 3.10 bits per heavy atom. The van der Waals surface area contributed by atoms with Gasteiger partial charge in [-0.25, -0.2) is 4.68 Å². The molecular formula is C13H19ClN4O2. The Balaban J connectivity index is 1.84. The number of hydrogen-bond acceptors (Lipinski definition) is 5. The van der Waals surface area contributed by atoms with Gasteiger partial charge in [0.1, 0.15) is 5.02 Å². The van der Waals surface area contributed by atoms with Gasteiger partial charge in [-0.15, -0.1) is 0 Å². The summed E-state index contributed by atoms with van der Waals surface area (Å²) in [6, 6.07) is 0.486. The van der Waals surface area contributed by atoms with Crippen molar-refractivity contribution in [2.24, 2.45) is 5.92 Å². The molecule has 0 saturated carbocycles. The van der Waals surface area contributed by atoms with Crippen LogP contribution in [0.25, 0.3) is 0 Å². The second kappa shape index (κ2) is 5.71. The Bertz CT molecular complexity index is 534. The van der Waals surface area contributed by atoms with E-state index in [1.54, 1.807) is 6.20 Å². The second-order valence-corrected chi connectivity index (χ2v) is 5.84. The topological polar surface area (TPSA) is 70.4 Å². The van der Waals surface area contributed by atoms with Crippen molar-refractivity contribution in [3.63, 3.8) is 0 Å². The van der Waals surface area contributed by atoms with Gasteiger partial charge in [0.15, 0.2) is 0 Å². The lowest BCUT2D eigenvalue weighted by atomic mass is 9.94. The third-order valence-electron chi connectivity index (χ3n) is 4.22. The molecule has 2 saturated heterocycles. The van der Waals surface area contributed by atoms with Gasteiger partial charge >= 0.3 is 0 Å². The SMILES string of the molecule is O=c1c(Cl)c(N2CC3CCCNC3C2)cnn1CCO. The third kappa shape index (κ3) is 2.43.